The summed E-state index contributed by atoms with van der Waals surface area (Å²) < 4.78 is 27.4. The molecule has 2 aromatic carbocycles. The average Bonchev–Trinajstić information content (AvgIpc) is 3.31. The molecule has 2 aliphatic rings. The number of nitrogens with one attached hydrogen (secondary N) is 1. The summed E-state index contributed by atoms with van der Waals surface area (Å²) in [6.45, 7) is 4.92. The van der Waals surface area contributed by atoms with Crippen LogP contribution in [0.1, 0.15) is 36.8 Å². The predicted octanol–water partition coefficient (Wildman–Crippen LogP) is 3.99. The molecule has 1 unspecified atom stereocenters. The monoisotopic (exact) mass is 503 g/mol. The van der Waals surface area contributed by atoms with Crippen LogP contribution in [0.5, 0.6) is 0 Å². The molecule has 1 atom stereocenters. The summed E-state index contributed by atoms with van der Waals surface area (Å²) in [6.07, 6.45) is 2.27. The second kappa shape index (κ2) is 10.1. The van der Waals surface area contributed by atoms with E-state index in [9.17, 15) is 18.0 Å². The van der Waals surface area contributed by atoms with Gasteiger partial charge in [0.2, 0.25) is 21.8 Å². The Morgan fingerprint density at radius 2 is 1.65 bits per heavy atom. The maximum absolute atomic E-state index is 13.3. The fraction of sp³-hybridized carbons (Fsp3) is 0.440. The number of aryl methyl sites for hydroxylation is 2. The molecule has 0 radical (unpaired) electrons. The van der Waals surface area contributed by atoms with Gasteiger partial charge in [-0.25, -0.2) is 8.42 Å². The van der Waals surface area contributed by atoms with Crippen LogP contribution < -0.4 is 5.32 Å². The number of hydrogen-bond donors (Lipinski definition) is 1. The average molecular weight is 504 g/mol. The highest BCUT2D eigenvalue weighted by Crippen LogP contribution is 2.29. The van der Waals surface area contributed by atoms with Gasteiger partial charge >= 0.3 is 0 Å². The van der Waals surface area contributed by atoms with Crippen LogP contribution in [-0.4, -0.2) is 55.1 Å². The zero-order valence-corrected chi connectivity index (χ0v) is 21.0. The topological polar surface area (TPSA) is 86.8 Å². The lowest BCUT2D eigenvalue weighted by molar-refractivity contribution is -0.141. The van der Waals surface area contributed by atoms with E-state index in [1.165, 1.54) is 4.31 Å². The van der Waals surface area contributed by atoms with Crippen LogP contribution >= 0.6 is 11.6 Å². The lowest BCUT2D eigenvalue weighted by Crippen LogP contribution is -2.48. The highest BCUT2D eigenvalue weighted by molar-refractivity contribution is 7.89. The summed E-state index contributed by atoms with van der Waals surface area (Å²) in [5, 5.41) is 3.46. The van der Waals surface area contributed by atoms with Crippen molar-refractivity contribution in [1.29, 1.82) is 0 Å². The van der Waals surface area contributed by atoms with Gasteiger partial charge in [0.1, 0.15) is 6.04 Å². The molecule has 182 valence electrons. The van der Waals surface area contributed by atoms with E-state index in [4.69, 9.17) is 11.6 Å². The van der Waals surface area contributed by atoms with Crippen LogP contribution in [0.25, 0.3) is 0 Å². The van der Waals surface area contributed by atoms with E-state index >= 15 is 0 Å². The molecule has 0 saturated carbocycles. The third-order valence-corrected chi connectivity index (χ3v) is 8.91. The van der Waals surface area contributed by atoms with Crippen LogP contribution in [0.3, 0.4) is 0 Å². The molecule has 7 nitrogen and oxygen atoms in total. The van der Waals surface area contributed by atoms with Gasteiger partial charge in [0.15, 0.2) is 0 Å². The number of sulfonamides is 1. The van der Waals surface area contributed by atoms with Gasteiger partial charge in [-0.15, -0.1) is 0 Å². The Morgan fingerprint density at radius 1 is 0.971 bits per heavy atom. The molecule has 34 heavy (non-hydrogen) atoms. The third kappa shape index (κ3) is 5.14. The molecule has 2 saturated heterocycles. The van der Waals surface area contributed by atoms with Crippen molar-refractivity contribution in [2.75, 3.05) is 25.0 Å². The number of carbonyl (C=O) groups is 2. The minimum absolute atomic E-state index is 0.0622. The van der Waals surface area contributed by atoms with Gasteiger partial charge in [-0.3, -0.25) is 9.59 Å². The van der Waals surface area contributed by atoms with Gasteiger partial charge in [0, 0.05) is 36.3 Å². The number of piperidine rings is 1. The molecular formula is C25H30ClN3O4S. The molecule has 2 amide bonds. The largest absolute Gasteiger partial charge is 0.330 e. The van der Waals surface area contributed by atoms with Crippen molar-refractivity contribution in [2.45, 2.75) is 50.5 Å². The molecule has 0 spiro atoms. The second-order valence-electron chi connectivity index (χ2n) is 9.13. The minimum atomic E-state index is -3.58. The SMILES string of the molecule is Cc1ccc(S(=O)(=O)N2CCC(C(=O)N3CCCC3C(=O)Nc3cc(Cl)ccc3C)CC2)cc1. The van der Waals surface area contributed by atoms with Crippen molar-refractivity contribution in [1.82, 2.24) is 9.21 Å². The molecule has 0 aromatic heterocycles. The molecule has 0 aliphatic carbocycles. The van der Waals surface area contributed by atoms with Crippen LogP contribution in [-0.2, 0) is 19.6 Å². The van der Waals surface area contributed by atoms with E-state index in [0.29, 0.717) is 49.6 Å². The zero-order valence-electron chi connectivity index (χ0n) is 19.5. The standard InChI is InChI=1S/C25H30ClN3O4S/c1-17-5-9-21(10-6-17)34(32,33)28-14-11-19(12-15-28)25(31)29-13-3-4-23(29)24(30)27-22-16-20(26)8-7-18(22)2/h5-10,16,19,23H,3-4,11-15H2,1-2H3,(H,27,30). The Kier molecular flexibility index (Phi) is 7.31. The predicted molar refractivity (Wildman–Crippen MR) is 132 cm³/mol. The van der Waals surface area contributed by atoms with E-state index in [0.717, 1.165) is 17.5 Å². The van der Waals surface area contributed by atoms with Crippen molar-refractivity contribution in [3.63, 3.8) is 0 Å². The first-order valence-corrected chi connectivity index (χ1v) is 13.4. The van der Waals surface area contributed by atoms with Gasteiger partial charge in [0.05, 0.1) is 4.90 Å². The Balaban J connectivity index is 1.39. The van der Waals surface area contributed by atoms with Gasteiger partial charge in [-0.1, -0.05) is 35.4 Å². The highest BCUT2D eigenvalue weighted by Gasteiger charge is 2.39. The van der Waals surface area contributed by atoms with Crippen molar-refractivity contribution in [3.05, 3.63) is 58.6 Å². The number of benzene rings is 2. The summed E-state index contributed by atoms with van der Waals surface area (Å²) in [5.41, 5.74) is 2.54. The zero-order chi connectivity index (χ0) is 24.5. The first-order chi connectivity index (χ1) is 16.2. The number of anilines is 1. The molecule has 2 aliphatic heterocycles. The molecule has 9 heteroatoms. The molecule has 1 N–H and O–H groups in total. The van der Waals surface area contributed by atoms with Crippen molar-refractivity contribution in [2.24, 2.45) is 5.92 Å². The normalized spacial score (nSPS) is 19.9. The first kappa shape index (κ1) is 24.7. The number of nitrogens with zero attached hydrogens (tertiary/aromatic N) is 2. The van der Waals surface area contributed by atoms with Crippen LogP contribution in [0.2, 0.25) is 5.02 Å². The summed E-state index contributed by atoms with van der Waals surface area (Å²) in [6, 6.07) is 11.6. The van der Waals surface area contributed by atoms with Crippen molar-refractivity contribution in [3.8, 4) is 0 Å². The van der Waals surface area contributed by atoms with Crippen molar-refractivity contribution >= 4 is 39.1 Å². The lowest BCUT2D eigenvalue weighted by atomic mass is 9.96. The van der Waals surface area contributed by atoms with E-state index in [2.05, 4.69) is 5.32 Å². The second-order valence-corrected chi connectivity index (χ2v) is 11.5. The number of amides is 2. The Morgan fingerprint density at radius 3 is 2.32 bits per heavy atom. The Labute approximate surface area is 206 Å². The number of hydrogen-bond acceptors (Lipinski definition) is 4. The summed E-state index contributed by atoms with van der Waals surface area (Å²) in [7, 11) is -3.58. The van der Waals surface area contributed by atoms with Crippen LogP contribution in [0, 0.1) is 19.8 Å². The van der Waals surface area contributed by atoms with Crippen LogP contribution in [0.4, 0.5) is 5.69 Å². The smallest absolute Gasteiger partial charge is 0.247 e. The number of carbonyl (C=O) groups excluding carboxylic acids is 2. The highest BCUT2D eigenvalue weighted by atomic mass is 35.5. The minimum Gasteiger partial charge on any atom is -0.330 e. The van der Waals surface area contributed by atoms with Gasteiger partial charge in [-0.2, -0.15) is 4.31 Å². The number of rotatable bonds is 5. The fourth-order valence-electron chi connectivity index (χ4n) is 4.68. The van der Waals surface area contributed by atoms with E-state index in [-0.39, 0.29) is 22.6 Å². The van der Waals surface area contributed by atoms with E-state index in [1.807, 2.05) is 19.9 Å². The summed E-state index contributed by atoms with van der Waals surface area (Å²) in [4.78, 5) is 28.3. The number of halogens is 1. The number of likely N-dealkylation sites (tertiary alicyclic amines) is 1. The molecule has 0 bridgehead atoms. The van der Waals surface area contributed by atoms with Gasteiger partial charge < -0.3 is 10.2 Å². The summed E-state index contributed by atoms with van der Waals surface area (Å²) >= 11 is 6.07. The van der Waals surface area contributed by atoms with Gasteiger partial charge in [0.25, 0.3) is 0 Å². The first-order valence-electron chi connectivity index (χ1n) is 11.6. The van der Waals surface area contributed by atoms with E-state index in [1.54, 1.807) is 41.3 Å². The van der Waals surface area contributed by atoms with Crippen LogP contribution in [0.15, 0.2) is 47.4 Å². The fourth-order valence-corrected chi connectivity index (χ4v) is 6.33. The maximum Gasteiger partial charge on any atom is 0.247 e. The third-order valence-electron chi connectivity index (χ3n) is 6.76. The molecule has 2 heterocycles. The van der Waals surface area contributed by atoms with E-state index < -0.39 is 16.1 Å². The maximum atomic E-state index is 13.3. The molecule has 2 fully saturated rings. The Hall–Kier alpha value is -2.42. The summed E-state index contributed by atoms with van der Waals surface area (Å²) in [5.74, 6) is -0.561. The Bertz CT molecular complexity index is 1180. The van der Waals surface area contributed by atoms with Gasteiger partial charge in [-0.05, 0) is 69.4 Å². The quantitative estimate of drug-likeness (QED) is 0.668. The molecular weight excluding hydrogens is 474 g/mol. The van der Waals surface area contributed by atoms with Crippen molar-refractivity contribution < 1.29 is 18.0 Å². The molecule has 2 aromatic rings. The molecule has 4 rings (SSSR count). The lowest BCUT2D eigenvalue weighted by Gasteiger charge is -2.34.